The molecular formula is C16H32N2O2. The van der Waals surface area contributed by atoms with Gasteiger partial charge in [-0.25, -0.2) is 0 Å². The number of hydrogen-bond acceptors (Lipinski definition) is 4. The summed E-state index contributed by atoms with van der Waals surface area (Å²) in [5.74, 6) is 0. The van der Waals surface area contributed by atoms with Gasteiger partial charge >= 0.3 is 0 Å². The number of aliphatic hydroxyl groups excluding tert-OH is 1. The Morgan fingerprint density at radius 2 is 2.10 bits per heavy atom. The summed E-state index contributed by atoms with van der Waals surface area (Å²) in [7, 11) is 0. The normalized spacial score (nSPS) is 24.9. The minimum atomic E-state index is -0.344. The predicted molar refractivity (Wildman–Crippen MR) is 82.0 cm³/mol. The maximum atomic E-state index is 10.2. The molecule has 0 amide bonds. The van der Waals surface area contributed by atoms with E-state index in [0.29, 0.717) is 12.1 Å². The molecular weight excluding hydrogens is 252 g/mol. The van der Waals surface area contributed by atoms with E-state index in [9.17, 15) is 5.11 Å². The molecule has 2 rings (SSSR count). The van der Waals surface area contributed by atoms with Gasteiger partial charge in [0, 0.05) is 38.3 Å². The standard InChI is InChI=1S/C16H32N2O2/c1-2-3-11-20-13-15(19)12-18-10-9-17-14-16(18)7-5-4-6-8-16/h15,17,19H,2-14H2,1H3. The van der Waals surface area contributed by atoms with Gasteiger partial charge < -0.3 is 15.2 Å². The van der Waals surface area contributed by atoms with E-state index >= 15 is 0 Å². The Balaban J connectivity index is 1.79. The molecule has 1 aliphatic carbocycles. The van der Waals surface area contributed by atoms with Gasteiger partial charge in [-0.3, -0.25) is 4.90 Å². The Bertz CT molecular complexity index is 259. The van der Waals surface area contributed by atoms with Gasteiger partial charge in [-0.05, 0) is 19.3 Å². The van der Waals surface area contributed by atoms with Crippen LogP contribution in [0.2, 0.25) is 0 Å². The van der Waals surface area contributed by atoms with Crippen LogP contribution >= 0.6 is 0 Å². The van der Waals surface area contributed by atoms with Crippen LogP contribution in [0.1, 0.15) is 51.9 Å². The molecule has 0 aromatic rings. The van der Waals surface area contributed by atoms with Crippen LogP contribution in [0.4, 0.5) is 0 Å². The van der Waals surface area contributed by atoms with Crippen LogP contribution < -0.4 is 5.32 Å². The molecule has 1 aliphatic heterocycles. The van der Waals surface area contributed by atoms with E-state index < -0.39 is 0 Å². The highest BCUT2D eigenvalue weighted by Gasteiger charge is 2.40. The molecule has 1 spiro atoms. The van der Waals surface area contributed by atoms with Crippen molar-refractivity contribution in [2.75, 3.05) is 39.4 Å². The second kappa shape index (κ2) is 8.32. The van der Waals surface area contributed by atoms with Crippen molar-refractivity contribution in [2.24, 2.45) is 0 Å². The van der Waals surface area contributed by atoms with Crippen molar-refractivity contribution in [3.8, 4) is 0 Å². The highest BCUT2D eigenvalue weighted by Crippen LogP contribution is 2.34. The average Bonchev–Trinajstić information content (AvgIpc) is 2.47. The van der Waals surface area contributed by atoms with E-state index in [0.717, 1.165) is 45.6 Å². The Hall–Kier alpha value is -0.160. The molecule has 1 saturated carbocycles. The second-order valence-corrected chi connectivity index (χ2v) is 6.49. The third-order valence-electron chi connectivity index (χ3n) is 4.85. The number of ether oxygens (including phenoxy) is 1. The van der Waals surface area contributed by atoms with Gasteiger partial charge in [0.25, 0.3) is 0 Å². The number of β-amino-alcohol motifs (C(OH)–C–C–N with tert-alkyl or cyclic N) is 1. The molecule has 0 aromatic heterocycles. The lowest BCUT2D eigenvalue weighted by Crippen LogP contribution is -2.63. The van der Waals surface area contributed by atoms with Crippen molar-refractivity contribution in [3.05, 3.63) is 0 Å². The van der Waals surface area contributed by atoms with Crippen molar-refractivity contribution >= 4 is 0 Å². The van der Waals surface area contributed by atoms with E-state index in [4.69, 9.17) is 4.74 Å². The summed E-state index contributed by atoms with van der Waals surface area (Å²) in [5.41, 5.74) is 0.306. The van der Waals surface area contributed by atoms with Crippen molar-refractivity contribution in [3.63, 3.8) is 0 Å². The van der Waals surface area contributed by atoms with Crippen molar-refractivity contribution in [1.29, 1.82) is 0 Å². The maximum absolute atomic E-state index is 10.2. The van der Waals surface area contributed by atoms with Crippen LogP contribution in [0, 0.1) is 0 Å². The second-order valence-electron chi connectivity index (χ2n) is 6.49. The first kappa shape index (κ1) is 16.2. The van der Waals surface area contributed by atoms with E-state index in [-0.39, 0.29) is 6.10 Å². The summed E-state index contributed by atoms with van der Waals surface area (Å²) >= 11 is 0. The zero-order valence-corrected chi connectivity index (χ0v) is 13.1. The topological polar surface area (TPSA) is 44.7 Å². The van der Waals surface area contributed by atoms with Gasteiger partial charge in [0.05, 0.1) is 12.7 Å². The predicted octanol–water partition coefficient (Wildman–Crippen LogP) is 1.77. The van der Waals surface area contributed by atoms with Gasteiger partial charge in [0.15, 0.2) is 0 Å². The fourth-order valence-electron chi connectivity index (χ4n) is 3.64. The minimum absolute atomic E-state index is 0.306. The average molecular weight is 284 g/mol. The van der Waals surface area contributed by atoms with Crippen molar-refractivity contribution in [1.82, 2.24) is 10.2 Å². The molecule has 1 unspecified atom stereocenters. The highest BCUT2D eigenvalue weighted by molar-refractivity contribution is 4.98. The van der Waals surface area contributed by atoms with E-state index in [1.165, 1.54) is 32.1 Å². The molecule has 4 nitrogen and oxygen atoms in total. The van der Waals surface area contributed by atoms with Crippen molar-refractivity contribution in [2.45, 2.75) is 63.5 Å². The number of unbranched alkanes of at least 4 members (excludes halogenated alkanes) is 1. The molecule has 20 heavy (non-hydrogen) atoms. The number of piperazine rings is 1. The number of hydrogen-bond donors (Lipinski definition) is 2. The molecule has 2 N–H and O–H groups in total. The van der Waals surface area contributed by atoms with Gasteiger partial charge in [-0.1, -0.05) is 32.6 Å². The summed E-state index contributed by atoms with van der Waals surface area (Å²) in [5, 5.41) is 13.8. The quantitative estimate of drug-likeness (QED) is 0.700. The lowest BCUT2D eigenvalue weighted by atomic mass is 9.79. The van der Waals surface area contributed by atoms with Crippen LogP contribution in [0.5, 0.6) is 0 Å². The monoisotopic (exact) mass is 284 g/mol. The van der Waals surface area contributed by atoms with E-state index in [1.807, 2.05) is 0 Å². The van der Waals surface area contributed by atoms with Crippen molar-refractivity contribution < 1.29 is 9.84 Å². The SMILES string of the molecule is CCCCOCC(O)CN1CCNCC12CCCCC2. The Morgan fingerprint density at radius 3 is 2.85 bits per heavy atom. The Morgan fingerprint density at radius 1 is 1.30 bits per heavy atom. The van der Waals surface area contributed by atoms with Crippen LogP contribution in [-0.4, -0.2) is 61.0 Å². The van der Waals surface area contributed by atoms with Crippen LogP contribution in [-0.2, 0) is 4.74 Å². The fraction of sp³-hybridized carbons (Fsp3) is 1.00. The smallest absolute Gasteiger partial charge is 0.0900 e. The fourth-order valence-corrected chi connectivity index (χ4v) is 3.64. The summed E-state index contributed by atoms with van der Waals surface area (Å²) in [4.78, 5) is 2.54. The number of nitrogens with one attached hydrogen (secondary N) is 1. The molecule has 0 aromatic carbocycles. The molecule has 1 atom stereocenters. The van der Waals surface area contributed by atoms with Crippen LogP contribution in [0.3, 0.4) is 0 Å². The largest absolute Gasteiger partial charge is 0.389 e. The molecule has 2 aliphatic rings. The van der Waals surface area contributed by atoms with Gasteiger partial charge in [0.2, 0.25) is 0 Å². The molecule has 118 valence electrons. The van der Waals surface area contributed by atoms with Crippen LogP contribution in [0.25, 0.3) is 0 Å². The van der Waals surface area contributed by atoms with Gasteiger partial charge in [-0.2, -0.15) is 0 Å². The summed E-state index contributed by atoms with van der Waals surface area (Å²) in [6.07, 6.45) is 8.50. The van der Waals surface area contributed by atoms with Gasteiger partial charge in [-0.15, -0.1) is 0 Å². The van der Waals surface area contributed by atoms with E-state index in [1.54, 1.807) is 0 Å². The molecule has 1 saturated heterocycles. The highest BCUT2D eigenvalue weighted by atomic mass is 16.5. The molecule has 0 bridgehead atoms. The maximum Gasteiger partial charge on any atom is 0.0900 e. The Labute approximate surface area is 123 Å². The number of nitrogens with zero attached hydrogens (tertiary/aromatic N) is 1. The third-order valence-corrected chi connectivity index (χ3v) is 4.85. The first-order valence-electron chi connectivity index (χ1n) is 8.48. The lowest BCUT2D eigenvalue weighted by Gasteiger charge is -2.50. The summed E-state index contributed by atoms with van der Waals surface area (Å²) < 4.78 is 5.56. The summed E-state index contributed by atoms with van der Waals surface area (Å²) in [6, 6.07) is 0. The minimum Gasteiger partial charge on any atom is -0.389 e. The molecule has 1 heterocycles. The molecule has 0 radical (unpaired) electrons. The summed E-state index contributed by atoms with van der Waals surface area (Å²) in [6.45, 7) is 7.40. The molecule has 2 fully saturated rings. The first-order valence-corrected chi connectivity index (χ1v) is 8.48. The number of aliphatic hydroxyl groups is 1. The lowest BCUT2D eigenvalue weighted by molar-refractivity contribution is -0.0338. The third kappa shape index (κ3) is 4.42. The van der Waals surface area contributed by atoms with Crippen LogP contribution in [0.15, 0.2) is 0 Å². The van der Waals surface area contributed by atoms with E-state index in [2.05, 4.69) is 17.1 Å². The molecule has 4 heteroatoms. The zero-order valence-electron chi connectivity index (χ0n) is 13.1. The Kier molecular flexibility index (Phi) is 6.75. The first-order chi connectivity index (χ1) is 9.77. The zero-order chi connectivity index (χ0) is 14.3. The van der Waals surface area contributed by atoms with Gasteiger partial charge in [0.1, 0.15) is 0 Å². The number of rotatable bonds is 7.